The molecule has 0 bridgehead atoms. The Morgan fingerprint density at radius 1 is 1.06 bits per heavy atom. The predicted molar refractivity (Wildman–Crippen MR) is 176 cm³/mol. The first kappa shape index (κ1) is 40.1. The smallest absolute Gasteiger partial charge is 0.437 e. The van der Waals surface area contributed by atoms with Crippen LogP contribution in [0.2, 0.25) is 0 Å². The highest BCUT2D eigenvalue weighted by molar-refractivity contribution is 6.05. The fourth-order valence-corrected chi connectivity index (χ4v) is 5.98. The van der Waals surface area contributed by atoms with Crippen LogP contribution in [0.25, 0.3) is 0 Å². The van der Waals surface area contributed by atoms with Gasteiger partial charge in [-0.05, 0) is 72.1 Å². The maximum absolute atomic E-state index is 14.6. The minimum absolute atomic E-state index is 0.0468. The van der Waals surface area contributed by atoms with Crippen LogP contribution in [0.1, 0.15) is 75.9 Å². The van der Waals surface area contributed by atoms with Crippen LogP contribution in [0.3, 0.4) is 0 Å². The highest BCUT2D eigenvalue weighted by Crippen LogP contribution is 2.48. The predicted octanol–water partition coefficient (Wildman–Crippen LogP) is 6.93. The summed E-state index contributed by atoms with van der Waals surface area (Å²) in [6.45, 7) is 7.55. The van der Waals surface area contributed by atoms with E-state index in [2.05, 4.69) is 5.32 Å². The number of fused-ring (bicyclic) bond motifs is 1. The minimum Gasteiger partial charge on any atom is -0.466 e. The van der Waals surface area contributed by atoms with Gasteiger partial charge >= 0.3 is 24.5 Å². The van der Waals surface area contributed by atoms with Crippen molar-refractivity contribution in [2.75, 3.05) is 31.1 Å². The van der Waals surface area contributed by atoms with Gasteiger partial charge in [0.2, 0.25) is 0 Å². The molecule has 4 rings (SSSR count). The molecule has 0 radical (unpaired) electrons. The third-order valence-corrected chi connectivity index (χ3v) is 8.48. The zero-order valence-electron chi connectivity index (χ0n) is 29.6. The van der Waals surface area contributed by atoms with Crippen LogP contribution in [0.4, 0.5) is 41.6 Å². The van der Waals surface area contributed by atoms with Crippen LogP contribution < -0.4 is 15.0 Å². The second kappa shape index (κ2) is 15.1. The second-order valence-electron chi connectivity index (χ2n) is 14.0. The van der Waals surface area contributed by atoms with Gasteiger partial charge < -0.3 is 34.2 Å². The average Bonchev–Trinajstić information content (AvgIpc) is 3.04. The van der Waals surface area contributed by atoms with E-state index in [1.165, 1.54) is 9.80 Å². The van der Waals surface area contributed by atoms with Gasteiger partial charge in [-0.15, -0.1) is 0 Å². The number of piperidine rings is 1. The van der Waals surface area contributed by atoms with E-state index in [1.54, 1.807) is 65.0 Å². The Bertz CT molecular complexity index is 1640. The maximum atomic E-state index is 14.6. The summed E-state index contributed by atoms with van der Waals surface area (Å²) in [4.78, 5) is 55.9. The molecule has 11 nitrogen and oxygen atoms in total. The van der Waals surface area contributed by atoms with Crippen LogP contribution in [0.5, 0.6) is 5.75 Å². The van der Waals surface area contributed by atoms with Gasteiger partial charge in [0.1, 0.15) is 18.0 Å². The fraction of sp³-hybridized carbons (Fsp3) is 0.543. The lowest BCUT2D eigenvalue weighted by atomic mass is 9.95. The van der Waals surface area contributed by atoms with E-state index in [9.17, 15) is 45.5 Å². The van der Waals surface area contributed by atoms with E-state index in [0.29, 0.717) is 42.8 Å². The van der Waals surface area contributed by atoms with E-state index < -0.39 is 95.3 Å². The molecule has 0 aromatic heterocycles. The fourth-order valence-electron chi connectivity index (χ4n) is 5.98. The van der Waals surface area contributed by atoms with E-state index in [0.717, 1.165) is 0 Å². The number of carbonyl (C=O) groups is 4. The summed E-state index contributed by atoms with van der Waals surface area (Å²) >= 11 is 0. The summed E-state index contributed by atoms with van der Waals surface area (Å²) in [5.74, 6) is -3.74. The molecular weight excluding hydrogens is 702 g/mol. The number of nitrogens with zero attached hydrogens (tertiary/aromatic N) is 3. The van der Waals surface area contributed by atoms with Crippen molar-refractivity contribution in [2.24, 2.45) is 0 Å². The van der Waals surface area contributed by atoms with Crippen LogP contribution in [0, 0.1) is 0 Å². The van der Waals surface area contributed by atoms with Crippen molar-refractivity contribution in [3.8, 4) is 5.75 Å². The maximum Gasteiger partial charge on any atom is 0.437 e. The van der Waals surface area contributed by atoms with Crippen molar-refractivity contribution >= 4 is 29.7 Å². The van der Waals surface area contributed by atoms with Gasteiger partial charge in [-0.2, -0.15) is 26.3 Å². The van der Waals surface area contributed by atoms with Crippen LogP contribution in [-0.4, -0.2) is 89.4 Å². The Balaban J connectivity index is 1.70. The van der Waals surface area contributed by atoms with Crippen LogP contribution in [0.15, 0.2) is 42.5 Å². The Morgan fingerprint density at radius 3 is 2.29 bits per heavy atom. The number of alkyl halides is 6. The molecule has 4 amide bonds. The lowest BCUT2D eigenvalue weighted by molar-refractivity contribution is -0.236. The minimum atomic E-state index is -5.37. The van der Waals surface area contributed by atoms with Crippen molar-refractivity contribution in [2.45, 2.75) is 96.6 Å². The summed E-state index contributed by atoms with van der Waals surface area (Å²) < 4.78 is 102. The van der Waals surface area contributed by atoms with Gasteiger partial charge in [-0.1, -0.05) is 30.3 Å². The molecule has 2 aliphatic heterocycles. The molecule has 2 heterocycles. The lowest BCUT2D eigenvalue weighted by Gasteiger charge is -2.43. The van der Waals surface area contributed by atoms with Crippen molar-refractivity contribution in [3.05, 3.63) is 59.2 Å². The zero-order chi connectivity index (χ0) is 38.8. The van der Waals surface area contributed by atoms with E-state index in [4.69, 9.17) is 14.2 Å². The topological polar surface area (TPSA) is 118 Å². The number of halogens is 6. The number of hydrogen-bond donors (Lipinski definition) is 1. The molecule has 0 spiro atoms. The first-order valence-electron chi connectivity index (χ1n) is 16.6. The summed E-state index contributed by atoms with van der Waals surface area (Å²) in [5.41, 5.74) is -6.84. The molecule has 2 aromatic rings. The second-order valence-corrected chi connectivity index (χ2v) is 14.0. The molecule has 1 unspecified atom stereocenters. The molecule has 1 N–H and O–H groups in total. The van der Waals surface area contributed by atoms with Crippen LogP contribution >= 0.6 is 0 Å². The summed E-state index contributed by atoms with van der Waals surface area (Å²) in [7, 11) is 0. The number of amides is 4. The van der Waals surface area contributed by atoms with E-state index in [1.807, 2.05) is 0 Å². The normalized spacial score (nSPS) is 19.5. The average molecular weight is 745 g/mol. The molecule has 2 aliphatic rings. The largest absolute Gasteiger partial charge is 0.466 e. The van der Waals surface area contributed by atoms with Crippen molar-refractivity contribution in [1.82, 2.24) is 15.1 Å². The number of rotatable bonds is 8. The van der Waals surface area contributed by atoms with Gasteiger partial charge in [-0.25, -0.2) is 9.59 Å². The Morgan fingerprint density at radius 2 is 1.71 bits per heavy atom. The summed E-state index contributed by atoms with van der Waals surface area (Å²) in [5, 5.41) is 2.32. The van der Waals surface area contributed by atoms with Crippen molar-refractivity contribution in [1.29, 1.82) is 0 Å². The standard InChI is InChI=1S/C35H42F6N4O7/c1-21(2)45(23-13-10-15-43(19-23)31(49)52-32(3,4)5)28(46)24-17-26-27(18-25(24)34(36,37)38)51-33(6,35(39,40)41)29(47)44(26)16-14-42-30(48)50-20-22-11-8-7-9-12-22/h7-9,11-12,17-18,21,23H,10,13-16,19-20H2,1-6H3,(H,42,48)/t23?,33-/m1/s1. The molecule has 1 fully saturated rings. The lowest BCUT2D eigenvalue weighted by Crippen LogP contribution is -2.63. The monoisotopic (exact) mass is 744 g/mol. The number of benzene rings is 2. The molecule has 286 valence electrons. The Kier molecular flexibility index (Phi) is 11.6. The highest BCUT2D eigenvalue weighted by Gasteiger charge is 2.63. The first-order chi connectivity index (χ1) is 24.0. The van der Waals surface area contributed by atoms with Gasteiger partial charge in [0.25, 0.3) is 17.4 Å². The molecule has 0 saturated carbocycles. The SMILES string of the molecule is CC(C)N(C(=O)c1cc2c(cc1C(F)(F)F)O[C@@](C)(C(F)(F)F)C(=O)N2CCNC(=O)OCc1ccccc1)C1CCCN(C(=O)OC(C)(C)C)C1. The summed E-state index contributed by atoms with van der Waals surface area (Å²) in [6, 6.07) is 8.08. The number of hydrogen-bond acceptors (Lipinski definition) is 7. The van der Waals surface area contributed by atoms with Gasteiger partial charge in [-0.3, -0.25) is 9.59 Å². The number of carbonyl (C=O) groups excluding carboxylic acids is 4. The van der Waals surface area contributed by atoms with Crippen molar-refractivity contribution in [3.63, 3.8) is 0 Å². The van der Waals surface area contributed by atoms with Crippen molar-refractivity contribution < 1.29 is 59.7 Å². The highest BCUT2D eigenvalue weighted by atomic mass is 19.4. The Hall–Kier alpha value is -4.70. The molecule has 2 aromatic carbocycles. The molecule has 17 heteroatoms. The number of ether oxygens (including phenoxy) is 3. The molecule has 2 atom stereocenters. The third-order valence-electron chi connectivity index (χ3n) is 8.48. The zero-order valence-corrected chi connectivity index (χ0v) is 29.6. The number of alkyl carbamates (subject to hydrolysis) is 1. The van der Waals surface area contributed by atoms with E-state index >= 15 is 0 Å². The van der Waals surface area contributed by atoms with Crippen LogP contribution in [-0.2, 0) is 27.1 Å². The third kappa shape index (κ3) is 9.02. The van der Waals surface area contributed by atoms with Gasteiger partial charge in [0.15, 0.2) is 0 Å². The van der Waals surface area contributed by atoms with E-state index in [-0.39, 0.29) is 19.2 Å². The molecule has 1 saturated heterocycles. The summed E-state index contributed by atoms with van der Waals surface area (Å²) in [6.07, 6.45) is -11.5. The number of anilines is 1. The quantitative estimate of drug-likeness (QED) is 0.292. The molecular formula is C35H42F6N4O7. The first-order valence-corrected chi connectivity index (χ1v) is 16.6. The Labute approximate surface area is 297 Å². The van der Waals surface area contributed by atoms with Gasteiger partial charge in [0, 0.05) is 32.2 Å². The molecule has 52 heavy (non-hydrogen) atoms. The van der Waals surface area contributed by atoms with Gasteiger partial charge in [0.05, 0.1) is 22.9 Å². The number of nitrogens with one attached hydrogen (secondary N) is 1. The molecule has 0 aliphatic carbocycles. The number of likely N-dealkylation sites (tertiary alicyclic amines) is 1.